The van der Waals surface area contributed by atoms with Crippen molar-refractivity contribution in [1.29, 1.82) is 0 Å². The molecule has 3 unspecified atom stereocenters. The summed E-state index contributed by atoms with van der Waals surface area (Å²) in [7, 11) is 0. The molecule has 1 saturated carbocycles. The zero-order chi connectivity index (χ0) is 15.2. The normalized spacial score (nSPS) is 22.8. The van der Waals surface area contributed by atoms with Crippen LogP contribution in [0.5, 0.6) is 0 Å². The van der Waals surface area contributed by atoms with Gasteiger partial charge in [-0.3, -0.25) is 9.69 Å². The minimum atomic E-state index is -0.669. The first-order valence-electron chi connectivity index (χ1n) is 7.92. The highest BCUT2D eigenvalue weighted by Crippen LogP contribution is 2.28. The van der Waals surface area contributed by atoms with Gasteiger partial charge in [0.25, 0.3) is 0 Å². The summed E-state index contributed by atoms with van der Waals surface area (Å²) >= 11 is 0. The van der Waals surface area contributed by atoms with Crippen LogP contribution in [0.1, 0.15) is 38.3 Å². The van der Waals surface area contributed by atoms with Crippen molar-refractivity contribution in [2.75, 3.05) is 19.6 Å². The molecule has 1 aromatic rings. The van der Waals surface area contributed by atoms with E-state index in [1.54, 1.807) is 0 Å². The Morgan fingerprint density at radius 2 is 1.95 bits per heavy atom. The van der Waals surface area contributed by atoms with E-state index in [1.165, 1.54) is 5.56 Å². The number of hydrogen-bond donors (Lipinski definition) is 2. The van der Waals surface area contributed by atoms with Gasteiger partial charge in [-0.1, -0.05) is 44.2 Å². The molecule has 3 atom stereocenters. The molecule has 2 N–H and O–H groups in total. The molecule has 21 heavy (non-hydrogen) atoms. The second kappa shape index (κ2) is 7.57. The van der Waals surface area contributed by atoms with Crippen LogP contribution in [0.2, 0.25) is 0 Å². The zero-order valence-corrected chi connectivity index (χ0v) is 13.0. The summed E-state index contributed by atoms with van der Waals surface area (Å²) in [5.74, 6) is -0.879. The number of benzene rings is 1. The fraction of sp³-hybridized carbons (Fsp3) is 0.588. The summed E-state index contributed by atoms with van der Waals surface area (Å²) in [5, 5.41) is 12.6. The number of hydrogen-bond acceptors (Lipinski definition) is 3. The van der Waals surface area contributed by atoms with Crippen molar-refractivity contribution in [3.8, 4) is 0 Å². The number of carboxylic acid groups (broad SMARTS) is 1. The van der Waals surface area contributed by atoms with Crippen LogP contribution in [0.25, 0.3) is 0 Å². The third-order valence-electron chi connectivity index (χ3n) is 4.60. The van der Waals surface area contributed by atoms with E-state index in [2.05, 4.69) is 48.3 Å². The molecule has 0 amide bonds. The molecule has 0 aromatic heterocycles. The average molecular weight is 290 g/mol. The standard InChI is InChI=1S/C17H26N2O2/c1-3-19(4-2)16(13-8-6-5-7-9-13)12-18-15-11-10-14(15)17(20)21/h5-9,14-16,18H,3-4,10-12H2,1-2H3,(H,20,21). The topological polar surface area (TPSA) is 52.6 Å². The van der Waals surface area contributed by atoms with Gasteiger partial charge in [0.1, 0.15) is 0 Å². The van der Waals surface area contributed by atoms with E-state index >= 15 is 0 Å². The van der Waals surface area contributed by atoms with Crippen LogP contribution in [0.3, 0.4) is 0 Å². The Kier molecular flexibility index (Phi) is 5.76. The Hall–Kier alpha value is -1.39. The average Bonchev–Trinajstić information content (AvgIpc) is 2.46. The molecule has 116 valence electrons. The molecule has 4 nitrogen and oxygen atoms in total. The molecule has 4 heteroatoms. The largest absolute Gasteiger partial charge is 0.481 e. The second-order valence-electron chi connectivity index (χ2n) is 5.68. The monoisotopic (exact) mass is 290 g/mol. The van der Waals surface area contributed by atoms with Gasteiger partial charge in [0.15, 0.2) is 0 Å². The van der Waals surface area contributed by atoms with E-state index in [0.717, 1.165) is 32.5 Å². The van der Waals surface area contributed by atoms with Crippen molar-refractivity contribution in [2.45, 2.75) is 38.8 Å². The number of nitrogens with one attached hydrogen (secondary N) is 1. The van der Waals surface area contributed by atoms with Crippen LogP contribution in [0.15, 0.2) is 30.3 Å². The Morgan fingerprint density at radius 1 is 1.29 bits per heavy atom. The molecule has 2 rings (SSSR count). The smallest absolute Gasteiger partial charge is 0.308 e. The van der Waals surface area contributed by atoms with E-state index in [1.807, 2.05) is 6.07 Å². The van der Waals surface area contributed by atoms with Gasteiger partial charge in [-0.25, -0.2) is 0 Å². The highest BCUT2D eigenvalue weighted by molar-refractivity contribution is 5.72. The number of carbonyl (C=O) groups is 1. The van der Waals surface area contributed by atoms with Gasteiger partial charge < -0.3 is 10.4 Å². The molecule has 1 aliphatic carbocycles. The molecule has 0 aliphatic heterocycles. The molecule has 1 aliphatic rings. The minimum absolute atomic E-state index is 0.129. The summed E-state index contributed by atoms with van der Waals surface area (Å²) in [4.78, 5) is 13.5. The van der Waals surface area contributed by atoms with E-state index in [4.69, 9.17) is 5.11 Å². The van der Waals surface area contributed by atoms with Crippen LogP contribution in [0, 0.1) is 5.92 Å². The predicted octanol–water partition coefficient (Wildman–Crippen LogP) is 2.52. The highest BCUT2D eigenvalue weighted by atomic mass is 16.4. The van der Waals surface area contributed by atoms with Crippen LogP contribution in [-0.4, -0.2) is 41.7 Å². The maximum atomic E-state index is 11.1. The number of likely N-dealkylation sites (N-methyl/N-ethyl adjacent to an activating group) is 1. The van der Waals surface area contributed by atoms with E-state index in [9.17, 15) is 4.79 Å². The summed E-state index contributed by atoms with van der Waals surface area (Å²) in [6, 6.07) is 10.9. The summed E-state index contributed by atoms with van der Waals surface area (Å²) in [5.41, 5.74) is 1.29. The van der Waals surface area contributed by atoms with Crippen molar-refractivity contribution in [3.05, 3.63) is 35.9 Å². The first kappa shape index (κ1) is 16.0. The quantitative estimate of drug-likeness (QED) is 0.772. The SMILES string of the molecule is CCN(CC)C(CNC1CCC1C(=O)O)c1ccccc1. The first-order chi connectivity index (χ1) is 10.2. The van der Waals surface area contributed by atoms with Gasteiger partial charge in [0.05, 0.1) is 5.92 Å². The Labute approximate surface area is 127 Å². The van der Waals surface area contributed by atoms with Crippen molar-refractivity contribution in [1.82, 2.24) is 10.2 Å². The summed E-state index contributed by atoms with van der Waals surface area (Å²) in [6.07, 6.45) is 1.77. The van der Waals surface area contributed by atoms with Crippen molar-refractivity contribution < 1.29 is 9.90 Å². The van der Waals surface area contributed by atoms with Gasteiger partial charge >= 0.3 is 5.97 Å². The molecule has 0 heterocycles. The number of carboxylic acids is 1. The lowest BCUT2D eigenvalue weighted by molar-refractivity contribution is -0.146. The molecule has 1 aromatic carbocycles. The summed E-state index contributed by atoms with van der Waals surface area (Å²) < 4.78 is 0. The van der Waals surface area contributed by atoms with E-state index in [-0.39, 0.29) is 12.0 Å². The maximum Gasteiger partial charge on any atom is 0.308 e. The lowest BCUT2D eigenvalue weighted by Gasteiger charge is -2.37. The Balaban J connectivity index is 2.01. The van der Waals surface area contributed by atoms with Crippen LogP contribution in [0.4, 0.5) is 0 Å². The number of rotatable bonds is 8. The molecule has 0 saturated heterocycles. The molecular formula is C17H26N2O2. The van der Waals surface area contributed by atoms with Gasteiger partial charge in [0, 0.05) is 18.6 Å². The van der Waals surface area contributed by atoms with Gasteiger partial charge in [0.2, 0.25) is 0 Å². The highest BCUT2D eigenvalue weighted by Gasteiger charge is 2.36. The first-order valence-corrected chi connectivity index (χ1v) is 7.92. The molecule has 1 fully saturated rings. The Morgan fingerprint density at radius 3 is 2.43 bits per heavy atom. The molecular weight excluding hydrogens is 264 g/mol. The van der Waals surface area contributed by atoms with Crippen LogP contribution in [-0.2, 0) is 4.79 Å². The van der Waals surface area contributed by atoms with Crippen molar-refractivity contribution in [2.24, 2.45) is 5.92 Å². The third kappa shape index (κ3) is 3.83. The van der Waals surface area contributed by atoms with Gasteiger partial charge in [-0.15, -0.1) is 0 Å². The minimum Gasteiger partial charge on any atom is -0.481 e. The fourth-order valence-electron chi connectivity index (χ4n) is 3.10. The van der Waals surface area contributed by atoms with Gasteiger partial charge in [-0.2, -0.15) is 0 Å². The number of aliphatic carboxylic acids is 1. The van der Waals surface area contributed by atoms with Crippen LogP contribution < -0.4 is 5.32 Å². The zero-order valence-electron chi connectivity index (χ0n) is 13.0. The second-order valence-corrected chi connectivity index (χ2v) is 5.68. The lowest BCUT2D eigenvalue weighted by atomic mass is 9.79. The molecule has 0 spiro atoms. The summed E-state index contributed by atoms with van der Waals surface area (Å²) in [6.45, 7) is 7.13. The fourth-order valence-corrected chi connectivity index (χ4v) is 3.10. The van der Waals surface area contributed by atoms with Crippen molar-refractivity contribution >= 4 is 5.97 Å². The van der Waals surface area contributed by atoms with Crippen LogP contribution >= 0.6 is 0 Å². The third-order valence-corrected chi connectivity index (χ3v) is 4.60. The predicted molar refractivity (Wildman–Crippen MR) is 84.3 cm³/mol. The van der Waals surface area contributed by atoms with E-state index in [0.29, 0.717) is 6.04 Å². The maximum absolute atomic E-state index is 11.1. The van der Waals surface area contributed by atoms with Gasteiger partial charge in [-0.05, 0) is 31.5 Å². The van der Waals surface area contributed by atoms with Crippen molar-refractivity contribution in [3.63, 3.8) is 0 Å². The number of nitrogens with zero attached hydrogens (tertiary/aromatic N) is 1. The Bertz CT molecular complexity index is 445. The van der Waals surface area contributed by atoms with E-state index < -0.39 is 5.97 Å². The lowest BCUT2D eigenvalue weighted by Crippen LogP contribution is -2.50. The molecule has 0 radical (unpaired) electrons. The molecule has 0 bridgehead atoms.